The second kappa shape index (κ2) is 6.80. The minimum atomic E-state index is -0.351. The number of benzene rings is 1. The molecule has 1 aromatic carbocycles. The maximum absolute atomic E-state index is 11.8. The van der Waals surface area contributed by atoms with Gasteiger partial charge in [-0.1, -0.05) is 37.3 Å². The van der Waals surface area contributed by atoms with Crippen LogP contribution < -0.4 is 0 Å². The van der Waals surface area contributed by atoms with Gasteiger partial charge < -0.3 is 4.74 Å². The van der Waals surface area contributed by atoms with Gasteiger partial charge in [-0.25, -0.2) is 14.8 Å². The first-order chi connectivity index (χ1) is 9.74. The Kier molecular flexibility index (Phi) is 4.82. The molecule has 0 radical (unpaired) electrons. The maximum atomic E-state index is 11.8. The first-order valence-corrected chi connectivity index (χ1v) is 6.80. The zero-order valence-electron chi connectivity index (χ0n) is 11.8. The van der Waals surface area contributed by atoms with E-state index >= 15 is 0 Å². The largest absolute Gasteiger partial charge is 0.462 e. The molecule has 0 N–H and O–H groups in total. The lowest BCUT2D eigenvalue weighted by molar-refractivity contribution is 0.0524. The summed E-state index contributed by atoms with van der Waals surface area (Å²) in [6.07, 6.45) is 2.91. The fourth-order valence-electron chi connectivity index (χ4n) is 1.97. The molecule has 1 aromatic heterocycles. The SMILES string of the molecule is CCOC(=O)c1cnc(Cc2ccccc2)nc1CC. The van der Waals surface area contributed by atoms with Crippen molar-refractivity contribution in [3.05, 3.63) is 59.2 Å². The average molecular weight is 270 g/mol. The molecule has 2 rings (SSSR count). The van der Waals surface area contributed by atoms with Crippen LogP contribution in [0.25, 0.3) is 0 Å². The van der Waals surface area contributed by atoms with E-state index in [-0.39, 0.29) is 5.97 Å². The van der Waals surface area contributed by atoms with Gasteiger partial charge in [0, 0.05) is 12.6 Å². The Bertz CT molecular complexity index is 582. The third-order valence-electron chi connectivity index (χ3n) is 2.95. The van der Waals surface area contributed by atoms with Crippen molar-refractivity contribution in [2.45, 2.75) is 26.7 Å². The average Bonchev–Trinajstić information content (AvgIpc) is 2.48. The van der Waals surface area contributed by atoms with Crippen molar-refractivity contribution in [3.63, 3.8) is 0 Å². The zero-order valence-corrected chi connectivity index (χ0v) is 11.8. The van der Waals surface area contributed by atoms with Crippen LogP contribution in [0.2, 0.25) is 0 Å². The van der Waals surface area contributed by atoms with Gasteiger partial charge in [0.2, 0.25) is 0 Å². The van der Waals surface area contributed by atoms with E-state index in [0.717, 1.165) is 17.1 Å². The molecule has 0 amide bonds. The molecule has 4 heteroatoms. The Balaban J connectivity index is 2.23. The summed E-state index contributed by atoms with van der Waals surface area (Å²) in [5.41, 5.74) is 2.36. The fraction of sp³-hybridized carbons (Fsp3) is 0.312. The Morgan fingerprint density at radius 1 is 1.20 bits per heavy atom. The highest BCUT2D eigenvalue weighted by Crippen LogP contribution is 2.11. The van der Waals surface area contributed by atoms with Crippen molar-refractivity contribution in [1.29, 1.82) is 0 Å². The van der Waals surface area contributed by atoms with E-state index < -0.39 is 0 Å². The second-order valence-electron chi connectivity index (χ2n) is 4.38. The highest BCUT2D eigenvalue weighted by atomic mass is 16.5. The summed E-state index contributed by atoms with van der Waals surface area (Å²) >= 11 is 0. The number of hydrogen-bond acceptors (Lipinski definition) is 4. The summed E-state index contributed by atoms with van der Waals surface area (Å²) in [7, 11) is 0. The van der Waals surface area contributed by atoms with E-state index in [1.165, 1.54) is 0 Å². The smallest absolute Gasteiger partial charge is 0.341 e. The minimum absolute atomic E-state index is 0.351. The van der Waals surface area contributed by atoms with Gasteiger partial charge in [-0.05, 0) is 18.9 Å². The van der Waals surface area contributed by atoms with Crippen molar-refractivity contribution in [2.24, 2.45) is 0 Å². The van der Waals surface area contributed by atoms with Crippen LogP contribution in [-0.4, -0.2) is 22.5 Å². The van der Waals surface area contributed by atoms with E-state index in [4.69, 9.17) is 4.74 Å². The van der Waals surface area contributed by atoms with Gasteiger partial charge in [-0.2, -0.15) is 0 Å². The Morgan fingerprint density at radius 2 is 1.95 bits per heavy atom. The predicted octanol–water partition coefficient (Wildman–Crippen LogP) is 2.81. The van der Waals surface area contributed by atoms with Crippen molar-refractivity contribution in [2.75, 3.05) is 6.61 Å². The maximum Gasteiger partial charge on any atom is 0.341 e. The van der Waals surface area contributed by atoms with Crippen LogP contribution in [0.5, 0.6) is 0 Å². The lowest BCUT2D eigenvalue weighted by atomic mass is 10.1. The lowest BCUT2D eigenvalue weighted by Crippen LogP contribution is -2.12. The van der Waals surface area contributed by atoms with Crippen molar-refractivity contribution < 1.29 is 9.53 Å². The van der Waals surface area contributed by atoms with Crippen molar-refractivity contribution in [1.82, 2.24) is 9.97 Å². The van der Waals surface area contributed by atoms with Gasteiger partial charge >= 0.3 is 5.97 Å². The fourth-order valence-corrected chi connectivity index (χ4v) is 1.97. The van der Waals surface area contributed by atoms with E-state index in [1.54, 1.807) is 13.1 Å². The van der Waals surface area contributed by atoms with Crippen LogP contribution >= 0.6 is 0 Å². The molecule has 0 atom stereocenters. The number of rotatable bonds is 5. The number of nitrogens with zero attached hydrogens (tertiary/aromatic N) is 2. The molecule has 0 aliphatic rings. The van der Waals surface area contributed by atoms with Gasteiger partial charge in [-0.3, -0.25) is 0 Å². The molecule has 4 nitrogen and oxygen atoms in total. The molecule has 0 aliphatic heterocycles. The number of hydrogen-bond donors (Lipinski definition) is 0. The number of carbonyl (C=O) groups is 1. The number of esters is 1. The molecule has 0 unspecified atom stereocenters. The molecular weight excluding hydrogens is 252 g/mol. The minimum Gasteiger partial charge on any atom is -0.462 e. The van der Waals surface area contributed by atoms with Crippen LogP contribution in [0, 0.1) is 0 Å². The molecule has 0 spiro atoms. The summed E-state index contributed by atoms with van der Waals surface area (Å²) in [4.78, 5) is 20.5. The molecule has 104 valence electrons. The zero-order chi connectivity index (χ0) is 14.4. The van der Waals surface area contributed by atoms with E-state index in [2.05, 4.69) is 9.97 Å². The van der Waals surface area contributed by atoms with E-state index in [9.17, 15) is 4.79 Å². The van der Waals surface area contributed by atoms with Gasteiger partial charge in [0.05, 0.1) is 17.9 Å². The third-order valence-corrected chi connectivity index (χ3v) is 2.95. The predicted molar refractivity (Wildman–Crippen MR) is 76.6 cm³/mol. The van der Waals surface area contributed by atoms with Gasteiger partial charge in [0.25, 0.3) is 0 Å². The lowest BCUT2D eigenvalue weighted by Gasteiger charge is -2.08. The van der Waals surface area contributed by atoms with Crippen LogP contribution in [0.4, 0.5) is 0 Å². The van der Waals surface area contributed by atoms with Crippen molar-refractivity contribution in [3.8, 4) is 0 Å². The van der Waals surface area contributed by atoms with Gasteiger partial charge in [-0.15, -0.1) is 0 Å². The summed E-state index contributed by atoms with van der Waals surface area (Å²) in [6, 6.07) is 10.0. The highest BCUT2D eigenvalue weighted by molar-refractivity contribution is 5.90. The molecule has 0 saturated carbocycles. The molecule has 0 fully saturated rings. The standard InChI is InChI=1S/C16H18N2O2/c1-3-14-13(16(19)20-4-2)11-17-15(18-14)10-12-8-6-5-7-9-12/h5-9,11H,3-4,10H2,1-2H3. The monoisotopic (exact) mass is 270 g/mol. The van der Waals surface area contributed by atoms with Crippen LogP contribution in [0.3, 0.4) is 0 Å². The van der Waals surface area contributed by atoms with E-state index in [1.807, 2.05) is 37.3 Å². The van der Waals surface area contributed by atoms with Crippen LogP contribution in [0.15, 0.2) is 36.5 Å². The third kappa shape index (κ3) is 3.41. The van der Waals surface area contributed by atoms with Crippen molar-refractivity contribution >= 4 is 5.97 Å². The summed E-state index contributed by atoms with van der Waals surface area (Å²) in [6.45, 7) is 4.11. The molecule has 1 heterocycles. The summed E-state index contributed by atoms with van der Waals surface area (Å²) in [5.74, 6) is 0.372. The molecular formula is C16H18N2O2. The normalized spacial score (nSPS) is 10.3. The Hall–Kier alpha value is -2.23. The Morgan fingerprint density at radius 3 is 2.60 bits per heavy atom. The molecule has 0 bridgehead atoms. The first kappa shape index (κ1) is 14.2. The topological polar surface area (TPSA) is 52.1 Å². The molecule has 20 heavy (non-hydrogen) atoms. The molecule has 0 aliphatic carbocycles. The number of aryl methyl sites for hydroxylation is 1. The molecule has 2 aromatic rings. The summed E-state index contributed by atoms with van der Waals surface area (Å²) < 4.78 is 5.01. The number of carbonyl (C=O) groups excluding carboxylic acids is 1. The Labute approximate surface area is 118 Å². The second-order valence-corrected chi connectivity index (χ2v) is 4.38. The van der Waals surface area contributed by atoms with Crippen LogP contribution in [-0.2, 0) is 17.6 Å². The molecule has 0 saturated heterocycles. The van der Waals surface area contributed by atoms with Gasteiger partial charge in [0.15, 0.2) is 0 Å². The van der Waals surface area contributed by atoms with Crippen LogP contribution in [0.1, 0.15) is 41.3 Å². The first-order valence-electron chi connectivity index (χ1n) is 6.80. The highest BCUT2D eigenvalue weighted by Gasteiger charge is 2.14. The van der Waals surface area contributed by atoms with E-state index in [0.29, 0.717) is 25.0 Å². The quantitative estimate of drug-likeness (QED) is 0.784. The number of ether oxygens (including phenoxy) is 1. The van der Waals surface area contributed by atoms with Gasteiger partial charge in [0.1, 0.15) is 5.82 Å². The number of aromatic nitrogens is 2. The summed E-state index contributed by atoms with van der Waals surface area (Å²) in [5, 5.41) is 0.